The van der Waals surface area contributed by atoms with Crippen molar-refractivity contribution in [2.45, 2.75) is 18.1 Å². The summed E-state index contributed by atoms with van der Waals surface area (Å²) in [5.41, 5.74) is 8.52. The molecule has 2 heterocycles. The van der Waals surface area contributed by atoms with E-state index in [0.717, 1.165) is 12.2 Å². The number of nitrogens with zero attached hydrogens (tertiary/aromatic N) is 4. The van der Waals surface area contributed by atoms with E-state index in [1.54, 1.807) is 16.3 Å². The van der Waals surface area contributed by atoms with Crippen molar-refractivity contribution in [3.05, 3.63) is 40.6 Å². The van der Waals surface area contributed by atoms with Crippen LogP contribution >= 0.6 is 27.7 Å². The largest absolute Gasteiger partial charge is 0.382 e. The van der Waals surface area contributed by atoms with E-state index >= 15 is 0 Å². The van der Waals surface area contributed by atoms with Gasteiger partial charge in [0.25, 0.3) is 0 Å². The Morgan fingerprint density at radius 2 is 2.00 bits per heavy atom. The Labute approximate surface area is 146 Å². The van der Waals surface area contributed by atoms with Crippen molar-refractivity contribution in [3.8, 4) is 12.3 Å². The Bertz CT molecular complexity index is 870. The Hall–Kier alpha value is -2.04. The number of fused-ring (bicyclic) bond motifs is 1. The van der Waals surface area contributed by atoms with Crippen molar-refractivity contribution >= 4 is 44.7 Å². The number of thioether (sulfide) groups is 1. The van der Waals surface area contributed by atoms with Gasteiger partial charge in [-0.15, -0.1) is 6.42 Å². The van der Waals surface area contributed by atoms with Crippen LogP contribution in [0.15, 0.2) is 40.2 Å². The normalized spacial score (nSPS) is 10.8. The molecule has 0 aliphatic carbocycles. The maximum Gasteiger partial charge on any atom is 0.191 e. The standard InChI is InChI=1S/C16H14BrN5S/c1-2-9-22-14-12(19-15(22)17)13(18)20-16(21-14)23-10-8-11-6-4-3-5-7-11/h1,3-7H,8-10H2,(H2,18,20,21). The van der Waals surface area contributed by atoms with Crippen molar-refractivity contribution in [2.75, 3.05) is 11.5 Å². The number of nitrogens with two attached hydrogens (primary N) is 1. The van der Waals surface area contributed by atoms with Gasteiger partial charge < -0.3 is 5.73 Å². The van der Waals surface area contributed by atoms with E-state index in [0.29, 0.717) is 33.4 Å². The van der Waals surface area contributed by atoms with Crippen molar-refractivity contribution in [1.29, 1.82) is 0 Å². The van der Waals surface area contributed by atoms with E-state index in [1.165, 1.54) is 5.56 Å². The zero-order chi connectivity index (χ0) is 16.2. The summed E-state index contributed by atoms with van der Waals surface area (Å²) in [6, 6.07) is 10.3. The van der Waals surface area contributed by atoms with Gasteiger partial charge in [0.2, 0.25) is 0 Å². The van der Waals surface area contributed by atoms with Gasteiger partial charge in [-0.05, 0) is 27.9 Å². The minimum Gasteiger partial charge on any atom is -0.382 e. The van der Waals surface area contributed by atoms with Gasteiger partial charge in [0, 0.05) is 5.75 Å². The highest BCUT2D eigenvalue weighted by Gasteiger charge is 2.14. The highest BCUT2D eigenvalue weighted by atomic mass is 79.9. The van der Waals surface area contributed by atoms with E-state index < -0.39 is 0 Å². The Morgan fingerprint density at radius 1 is 1.22 bits per heavy atom. The van der Waals surface area contributed by atoms with Crippen molar-refractivity contribution < 1.29 is 0 Å². The molecule has 3 rings (SSSR count). The summed E-state index contributed by atoms with van der Waals surface area (Å²) >= 11 is 4.95. The zero-order valence-corrected chi connectivity index (χ0v) is 14.6. The fraction of sp³-hybridized carbons (Fsp3) is 0.188. The van der Waals surface area contributed by atoms with E-state index in [1.807, 2.05) is 18.2 Å². The van der Waals surface area contributed by atoms with Crippen molar-refractivity contribution in [2.24, 2.45) is 0 Å². The molecule has 23 heavy (non-hydrogen) atoms. The minimum atomic E-state index is 0.369. The molecule has 0 atom stereocenters. The van der Waals surface area contributed by atoms with Crippen LogP contribution in [0.1, 0.15) is 5.56 Å². The first kappa shape index (κ1) is 15.8. The van der Waals surface area contributed by atoms with Crippen LogP contribution < -0.4 is 5.73 Å². The average molecular weight is 388 g/mol. The summed E-state index contributed by atoms with van der Waals surface area (Å²) in [7, 11) is 0. The molecule has 5 nitrogen and oxygen atoms in total. The fourth-order valence-corrected chi connectivity index (χ4v) is 3.48. The molecule has 116 valence electrons. The molecule has 7 heteroatoms. The SMILES string of the molecule is C#CCn1c(Br)nc2c(N)nc(SCCc3ccccc3)nc21. The molecule has 0 amide bonds. The molecule has 0 unspecified atom stereocenters. The molecule has 0 aliphatic rings. The van der Waals surface area contributed by atoms with E-state index in [-0.39, 0.29) is 0 Å². The molecule has 1 aromatic carbocycles. The Kier molecular flexibility index (Phi) is 4.84. The summed E-state index contributed by atoms with van der Waals surface area (Å²) in [5, 5.41) is 0.636. The summed E-state index contributed by atoms with van der Waals surface area (Å²) < 4.78 is 2.41. The number of rotatable bonds is 5. The van der Waals surface area contributed by atoms with E-state index in [2.05, 4.69) is 48.9 Å². The molecule has 2 aromatic heterocycles. The summed E-state index contributed by atoms with van der Waals surface area (Å²) in [4.78, 5) is 13.2. The van der Waals surface area contributed by atoms with Crippen LogP contribution in [0.25, 0.3) is 11.2 Å². The van der Waals surface area contributed by atoms with Gasteiger partial charge in [-0.2, -0.15) is 0 Å². The Morgan fingerprint density at radius 3 is 2.74 bits per heavy atom. The number of halogens is 1. The van der Waals surface area contributed by atoms with Crippen LogP contribution in [0, 0.1) is 12.3 Å². The van der Waals surface area contributed by atoms with Crippen LogP contribution in [-0.4, -0.2) is 25.3 Å². The average Bonchev–Trinajstić information content (AvgIpc) is 2.86. The lowest BCUT2D eigenvalue weighted by molar-refractivity contribution is 0.820. The number of terminal acetylenes is 1. The lowest BCUT2D eigenvalue weighted by Gasteiger charge is -2.04. The van der Waals surface area contributed by atoms with Gasteiger partial charge in [0.1, 0.15) is 0 Å². The maximum absolute atomic E-state index is 6.01. The van der Waals surface area contributed by atoms with Crippen LogP contribution in [0.3, 0.4) is 0 Å². The Balaban J connectivity index is 1.81. The van der Waals surface area contributed by atoms with Crippen molar-refractivity contribution in [3.63, 3.8) is 0 Å². The van der Waals surface area contributed by atoms with Crippen LogP contribution in [0.5, 0.6) is 0 Å². The summed E-state index contributed by atoms with van der Waals surface area (Å²) in [5.74, 6) is 3.84. The van der Waals surface area contributed by atoms with Gasteiger partial charge in [0.15, 0.2) is 26.9 Å². The van der Waals surface area contributed by atoms with E-state index in [9.17, 15) is 0 Å². The molecule has 3 aromatic rings. The quantitative estimate of drug-likeness (QED) is 0.315. The van der Waals surface area contributed by atoms with Gasteiger partial charge >= 0.3 is 0 Å². The number of hydrogen-bond donors (Lipinski definition) is 1. The number of hydrogen-bond acceptors (Lipinski definition) is 5. The monoisotopic (exact) mass is 387 g/mol. The number of aromatic nitrogens is 4. The van der Waals surface area contributed by atoms with Gasteiger partial charge in [-0.1, -0.05) is 48.0 Å². The molecule has 0 aliphatic heterocycles. The molecule has 0 bridgehead atoms. The first-order chi connectivity index (χ1) is 11.2. The first-order valence-electron chi connectivity index (χ1n) is 6.98. The number of anilines is 1. The van der Waals surface area contributed by atoms with Gasteiger partial charge in [-0.3, -0.25) is 4.57 Å². The highest BCUT2D eigenvalue weighted by Crippen LogP contribution is 2.25. The predicted octanol–water partition coefficient (Wildman–Crippen LogP) is 3.14. The number of benzene rings is 1. The van der Waals surface area contributed by atoms with Crippen LogP contribution in [-0.2, 0) is 13.0 Å². The molecule has 0 saturated heterocycles. The molecule has 0 radical (unpaired) electrons. The van der Waals surface area contributed by atoms with Crippen molar-refractivity contribution in [1.82, 2.24) is 19.5 Å². The third-order valence-corrected chi connectivity index (χ3v) is 4.72. The molecular weight excluding hydrogens is 374 g/mol. The third kappa shape index (κ3) is 3.49. The highest BCUT2D eigenvalue weighted by molar-refractivity contribution is 9.10. The molecule has 2 N–H and O–H groups in total. The second kappa shape index (κ2) is 7.02. The summed E-state index contributed by atoms with van der Waals surface area (Å²) in [6.07, 6.45) is 6.35. The zero-order valence-electron chi connectivity index (χ0n) is 12.2. The lowest BCUT2D eigenvalue weighted by Crippen LogP contribution is -2.01. The van der Waals surface area contributed by atoms with Crippen LogP contribution in [0.2, 0.25) is 0 Å². The van der Waals surface area contributed by atoms with E-state index in [4.69, 9.17) is 12.2 Å². The summed E-state index contributed by atoms with van der Waals surface area (Å²) in [6.45, 7) is 0.377. The predicted molar refractivity (Wildman–Crippen MR) is 97.1 cm³/mol. The van der Waals surface area contributed by atoms with Gasteiger partial charge in [0.05, 0.1) is 6.54 Å². The fourth-order valence-electron chi connectivity index (χ4n) is 2.18. The topological polar surface area (TPSA) is 69.6 Å². The second-order valence-corrected chi connectivity index (χ2v) is 6.59. The molecule has 0 saturated carbocycles. The number of nitrogen functional groups attached to an aromatic ring is 1. The smallest absolute Gasteiger partial charge is 0.191 e. The second-order valence-electron chi connectivity index (χ2n) is 4.82. The van der Waals surface area contributed by atoms with Crippen LogP contribution in [0.4, 0.5) is 5.82 Å². The number of aryl methyl sites for hydroxylation is 1. The maximum atomic E-state index is 6.01. The molecule has 0 spiro atoms. The third-order valence-electron chi connectivity index (χ3n) is 3.27. The van der Waals surface area contributed by atoms with Gasteiger partial charge in [-0.25, -0.2) is 15.0 Å². The molecule has 0 fully saturated rings. The number of imidazole rings is 1. The lowest BCUT2D eigenvalue weighted by atomic mass is 10.2. The minimum absolute atomic E-state index is 0.369. The first-order valence-corrected chi connectivity index (χ1v) is 8.76. The molecular formula is C16H14BrN5S.